The maximum Gasteiger partial charge on any atom is 0.416 e. The van der Waals surface area contributed by atoms with E-state index >= 15 is 0 Å². The number of fused-ring (bicyclic) bond motifs is 1. The number of aliphatic carboxylic acids is 1. The lowest BCUT2D eigenvalue weighted by Crippen LogP contribution is -2.46. The predicted molar refractivity (Wildman–Crippen MR) is 128 cm³/mol. The van der Waals surface area contributed by atoms with Crippen LogP contribution in [-0.2, 0) is 21.0 Å². The zero-order valence-electron chi connectivity index (χ0n) is 20.1. The molecule has 0 bridgehead atoms. The zero-order valence-corrected chi connectivity index (χ0v) is 20.9. The van der Waals surface area contributed by atoms with E-state index in [1.165, 1.54) is 32.0 Å². The number of carbonyl (C=O) groups is 1. The number of hydrogen-bond acceptors (Lipinski definition) is 4. The average Bonchev–Trinajstić information content (AvgIpc) is 2.84. The highest BCUT2D eigenvalue weighted by Crippen LogP contribution is 2.42. The van der Waals surface area contributed by atoms with E-state index in [2.05, 4.69) is 0 Å². The van der Waals surface area contributed by atoms with Crippen molar-refractivity contribution in [2.75, 3.05) is 10.8 Å². The summed E-state index contributed by atoms with van der Waals surface area (Å²) in [4.78, 5) is 11.0. The molecule has 0 aromatic heterocycles. The molecular weight excluding hydrogens is 533 g/mol. The Hall–Kier alpha value is -3.67. The SMILES string of the molecule is CC(C)(C[C@@H]1CN(S(=O)(=O)c2cccc(C(F)(F)F)c2)c2cc(-c3cc(F)ccc3F)ccc2O1)C(=O)O. The lowest BCUT2D eigenvalue weighted by Gasteiger charge is -2.38. The summed E-state index contributed by atoms with van der Waals surface area (Å²) < 4.78 is 102. The minimum absolute atomic E-state index is 0.0152. The summed E-state index contributed by atoms with van der Waals surface area (Å²) in [6, 6.07) is 9.86. The molecule has 0 radical (unpaired) electrons. The summed E-state index contributed by atoms with van der Waals surface area (Å²) in [5, 5.41) is 9.53. The Kier molecular flexibility index (Phi) is 6.89. The number of rotatable bonds is 6. The minimum atomic E-state index is -4.80. The monoisotopic (exact) mass is 555 g/mol. The molecule has 0 saturated heterocycles. The Bertz CT molecular complexity index is 1500. The third kappa shape index (κ3) is 5.31. The molecule has 202 valence electrons. The number of anilines is 1. The second kappa shape index (κ2) is 9.57. The van der Waals surface area contributed by atoms with Crippen LogP contribution in [0.5, 0.6) is 5.75 Å². The molecule has 0 amide bonds. The van der Waals surface area contributed by atoms with E-state index in [-0.39, 0.29) is 29.0 Å². The van der Waals surface area contributed by atoms with Crippen LogP contribution in [0.15, 0.2) is 65.6 Å². The first kappa shape index (κ1) is 27.4. The summed E-state index contributed by atoms with van der Waals surface area (Å²) in [5.74, 6) is -2.69. The molecule has 0 saturated carbocycles. The van der Waals surface area contributed by atoms with E-state index < -0.39 is 62.3 Å². The summed E-state index contributed by atoms with van der Waals surface area (Å²) >= 11 is 0. The molecule has 1 N–H and O–H groups in total. The Labute approximate surface area is 215 Å². The fraction of sp³-hybridized carbons (Fsp3) is 0.269. The van der Waals surface area contributed by atoms with Crippen molar-refractivity contribution in [3.05, 3.63) is 77.9 Å². The van der Waals surface area contributed by atoms with Gasteiger partial charge in [-0.05, 0) is 67.9 Å². The molecule has 38 heavy (non-hydrogen) atoms. The molecule has 12 heteroatoms. The van der Waals surface area contributed by atoms with Crippen LogP contribution in [0.4, 0.5) is 27.6 Å². The van der Waals surface area contributed by atoms with Gasteiger partial charge in [-0.3, -0.25) is 9.10 Å². The molecule has 1 heterocycles. The predicted octanol–water partition coefficient (Wildman–Crippen LogP) is 6.11. The molecule has 4 rings (SSSR count). The number of nitrogens with zero attached hydrogens (tertiary/aromatic N) is 1. The third-order valence-electron chi connectivity index (χ3n) is 6.20. The summed E-state index contributed by atoms with van der Waals surface area (Å²) in [6.45, 7) is 2.42. The topological polar surface area (TPSA) is 83.9 Å². The van der Waals surface area contributed by atoms with Crippen molar-refractivity contribution in [3.8, 4) is 16.9 Å². The average molecular weight is 556 g/mol. The Morgan fingerprint density at radius 2 is 1.76 bits per heavy atom. The molecule has 0 unspecified atom stereocenters. The number of ether oxygens (including phenoxy) is 1. The van der Waals surface area contributed by atoms with Gasteiger partial charge in [0.2, 0.25) is 0 Å². The van der Waals surface area contributed by atoms with E-state index in [4.69, 9.17) is 4.74 Å². The van der Waals surface area contributed by atoms with Gasteiger partial charge in [0.25, 0.3) is 10.0 Å². The summed E-state index contributed by atoms with van der Waals surface area (Å²) in [7, 11) is -4.65. The first-order chi connectivity index (χ1) is 17.6. The molecule has 6 nitrogen and oxygen atoms in total. The lowest BCUT2D eigenvalue weighted by atomic mass is 9.86. The number of alkyl halides is 3. The van der Waals surface area contributed by atoms with E-state index in [1.807, 2.05) is 0 Å². The van der Waals surface area contributed by atoms with Crippen molar-refractivity contribution >= 4 is 21.7 Å². The standard InChI is InChI=1S/C26H22F5NO5S/c1-25(2,24(33)34)13-18-14-32(38(35,36)19-5-3-4-16(11-19)26(29,30)31)22-10-15(6-9-23(22)37-18)20-12-17(27)7-8-21(20)28/h3-12,18H,13-14H2,1-2H3,(H,33,34)/t18-/m1/s1. The van der Waals surface area contributed by atoms with Gasteiger partial charge in [-0.1, -0.05) is 12.1 Å². The fourth-order valence-electron chi connectivity index (χ4n) is 4.15. The van der Waals surface area contributed by atoms with E-state index in [0.29, 0.717) is 6.07 Å². The quantitative estimate of drug-likeness (QED) is 0.371. The maximum atomic E-state index is 14.5. The van der Waals surface area contributed by atoms with Crippen LogP contribution in [-0.4, -0.2) is 32.1 Å². The molecule has 3 aromatic rings. The van der Waals surface area contributed by atoms with Crippen molar-refractivity contribution in [2.45, 2.75) is 37.4 Å². The van der Waals surface area contributed by atoms with Crippen LogP contribution < -0.4 is 9.04 Å². The van der Waals surface area contributed by atoms with Crippen molar-refractivity contribution in [2.24, 2.45) is 5.41 Å². The third-order valence-corrected chi connectivity index (χ3v) is 7.97. The Morgan fingerprint density at radius 3 is 2.42 bits per heavy atom. The summed E-state index contributed by atoms with van der Waals surface area (Å²) in [6.07, 6.45) is -5.91. The van der Waals surface area contributed by atoms with Crippen molar-refractivity contribution in [1.82, 2.24) is 0 Å². The molecule has 3 aromatic carbocycles. The van der Waals surface area contributed by atoms with E-state index in [0.717, 1.165) is 40.7 Å². The van der Waals surface area contributed by atoms with Crippen LogP contribution in [0.3, 0.4) is 0 Å². The van der Waals surface area contributed by atoms with Crippen LogP contribution in [0.2, 0.25) is 0 Å². The number of carboxylic acids is 1. The maximum absolute atomic E-state index is 14.5. The van der Waals surface area contributed by atoms with Crippen LogP contribution >= 0.6 is 0 Å². The fourth-order valence-corrected chi connectivity index (χ4v) is 5.69. The van der Waals surface area contributed by atoms with E-state index in [1.54, 1.807) is 0 Å². The van der Waals surface area contributed by atoms with Crippen molar-refractivity contribution in [3.63, 3.8) is 0 Å². The number of benzene rings is 3. The van der Waals surface area contributed by atoms with Gasteiger partial charge >= 0.3 is 12.1 Å². The molecule has 1 aliphatic heterocycles. The highest BCUT2D eigenvalue weighted by Gasteiger charge is 2.40. The van der Waals surface area contributed by atoms with Crippen LogP contribution in [0.25, 0.3) is 11.1 Å². The number of carboxylic acid groups (broad SMARTS) is 1. The van der Waals surface area contributed by atoms with Gasteiger partial charge in [0.05, 0.1) is 28.1 Å². The summed E-state index contributed by atoms with van der Waals surface area (Å²) in [5.41, 5.74) is -2.69. The number of sulfonamides is 1. The molecule has 1 atom stereocenters. The number of hydrogen-bond donors (Lipinski definition) is 1. The van der Waals surface area contributed by atoms with Gasteiger partial charge in [0.15, 0.2) is 0 Å². The van der Waals surface area contributed by atoms with Gasteiger partial charge in [-0.2, -0.15) is 13.2 Å². The lowest BCUT2D eigenvalue weighted by molar-refractivity contribution is -0.148. The first-order valence-electron chi connectivity index (χ1n) is 11.3. The van der Waals surface area contributed by atoms with Gasteiger partial charge < -0.3 is 9.84 Å². The second-order valence-electron chi connectivity index (χ2n) is 9.50. The highest BCUT2D eigenvalue weighted by molar-refractivity contribution is 7.92. The van der Waals surface area contributed by atoms with E-state index in [9.17, 15) is 40.3 Å². The van der Waals surface area contributed by atoms with Crippen LogP contribution in [0, 0.1) is 17.0 Å². The zero-order chi connectivity index (χ0) is 28.0. The van der Waals surface area contributed by atoms with Crippen LogP contribution in [0.1, 0.15) is 25.8 Å². The molecule has 0 spiro atoms. The highest BCUT2D eigenvalue weighted by atomic mass is 32.2. The molecule has 0 aliphatic carbocycles. The smallest absolute Gasteiger partial charge is 0.416 e. The molecular formula is C26H22F5NO5S. The van der Waals surface area contributed by atoms with Gasteiger partial charge in [-0.15, -0.1) is 0 Å². The largest absolute Gasteiger partial charge is 0.486 e. The Balaban J connectivity index is 1.86. The normalized spacial score (nSPS) is 16.1. The van der Waals surface area contributed by atoms with Gasteiger partial charge in [0, 0.05) is 12.0 Å². The minimum Gasteiger partial charge on any atom is -0.486 e. The molecule has 0 fully saturated rings. The Morgan fingerprint density at radius 1 is 1.05 bits per heavy atom. The van der Waals surface area contributed by atoms with Gasteiger partial charge in [0.1, 0.15) is 23.5 Å². The number of halogens is 5. The molecule has 1 aliphatic rings. The van der Waals surface area contributed by atoms with Crippen molar-refractivity contribution in [1.29, 1.82) is 0 Å². The first-order valence-corrected chi connectivity index (χ1v) is 12.7. The second-order valence-corrected chi connectivity index (χ2v) is 11.4. The van der Waals surface area contributed by atoms with Gasteiger partial charge in [-0.25, -0.2) is 17.2 Å². The van der Waals surface area contributed by atoms with Crippen molar-refractivity contribution < 1.29 is 45.0 Å².